The van der Waals surface area contributed by atoms with Crippen LogP contribution in [0.5, 0.6) is 0 Å². The molecule has 2 aromatic carbocycles. The van der Waals surface area contributed by atoms with Crippen LogP contribution in [-0.2, 0) is 0 Å². The Balaban J connectivity index is 2.46. The van der Waals surface area contributed by atoms with Gasteiger partial charge in [-0.3, -0.25) is 0 Å². The van der Waals surface area contributed by atoms with Crippen molar-refractivity contribution in [3.05, 3.63) is 60.2 Å². The molecule has 0 aliphatic rings. The van der Waals surface area contributed by atoms with Crippen molar-refractivity contribution in [2.24, 2.45) is 0 Å². The second kappa shape index (κ2) is 5.10. The molecule has 0 saturated heterocycles. The van der Waals surface area contributed by atoms with Crippen molar-refractivity contribution in [2.45, 2.75) is 33.1 Å². The second-order valence-corrected chi connectivity index (χ2v) is 21.6. The number of hydrogen-bond donors (Lipinski definition) is 0. The Kier molecular flexibility index (Phi) is 3.83. The van der Waals surface area contributed by atoms with Gasteiger partial charge in [-0.25, -0.2) is 0 Å². The average molecular weight is 285 g/mol. The summed E-state index contributed by atoms with van der Waals surface area (Å²) in [6.07, 6.45) is 0. The predicted molar refractivity (Wildman–Crippen MR) is 91.9 cm³/mol. The molecule has 2 heteroatoms. The van der Waals surface area contributed by atoms with Gasteiger partial charge in [0.2, 0.25) is 0 Å². The summed E-state index contributed by atoms with van der Waals surface area (Å²) in [7, 11) is -2.86. The van der Waals surface area contributed by atoms with Crippen molar-refractivity contribution in [3.8, 4) is 0 Å². The molecule has 0 aromatic heterocycles. The minimum atomic E-state index is -1.43. The van der Waals surface area contributed by atoms with Gasteiger partial charge in [-0.1, -0.05) is 96.7 Å². The summed E-state index contributed by atoms with van der Waals surface area (Å²) < 4.78 is 0. The van der Waals surface area contributed by atoms with E-state index in [1.165, 1.54) is 5.56 Å². The fourth-order valence-corrected chi connectivity index (χ4v) is 11.3. The lowest BCUT2D eigenvalue weighted by Gasteiger charge is -2.39. The first-order chi connectivity index (χ1) is 8.85. The SMILES string of the molecule is Cc1ccc([Si](C)(C)[Si](C)(C)c2ccccc2)cc1. The van der Waals surface area contributed by atoms with E-state index in [1.807, 2.05) is 0 Å². The summed E-state index contributed by atoms with van der Waals surface area (Å²) in [6.45, 7) is 12.3. The van der Waals surface area contributed by atoms with Gasteiger partial charge in [0.15, 0.2) is 0 Å². The minimum absolute atomic E-state index is 1.35. The lowest BCUT2D eigenvalue weighted by atomic mass is 10.2. The van der Waals surface area contributed by atoms with Crippen LogP contribution in [0.2, 0.25) is 26.2 Å². The number of aryl methyl sites for hydroxylation is 1. The standard InChI is InChI=1S/C17H24Si2/c1-15-11-13-17(14-12-15)19(4,5)18(2,3)16-9-7-6-8-10-16/h6-14H,1-5H3. The van der Waals surface area contributed by atoms with Crippen molar-refractivity contribution in [1.82, 2.24) is 0 Å². The Hall–Kier alpha value is -1.13. The van der Waals surface area contributed by atoms with Crippen LogP contribution in [0.1, 0.15) is 5.56 Å². The van der Waals surface area contributed by atoms with Crippen LogP contribution in [0, 0.1) is 6.92 Å². The summed E-state index contributed by atoms with van der Waals surface area (Å²) in [5.74, 6) is 0. The number of benzene rings is 2. The molecule has 19 heavy (non-hydrogen) atoms. The van der Waals surface area contributed by atoms with E-state index < -0.39 is 15.2 Å². The molecule has 0 saturated carbocycles. The number of hydrogen-bond acceptors (Lipinski definition) is 0. The molecular weight excluding hydrogens is 260 g/mol. The van der Waals surface area contributed by atoms with Gasteiger partial charge in [0.25, 0.3) is 0 Å². The quantitative estimate of drug-likeness (QED) is 0.756. The van der Waals surface area contributed by atoms with E-state index in [9.17, 15) is 0 Å². The molecule has 0 heterocycles. The molecule has 0 spiro atoms. The van der Waals surface area contributed by atoms with Gasteiger partial charge in [-0.05, 0) is 6.92 Å². The van der Waals surface area contributed by atoms with Gasteiger partial charge in [0.1, 0.15) is 0 Å². The van der Waals surface area contributed by atoms with Gasteiger partial charge < -0.3 is 0 Å². The lowest BCUT2D eigenvalue weighted by molar-refractivity contribution is 1.48. The Bertz CT molecular complexity index is 539. The predicted octanol–water partition coefficient (Wildman–Crippen LogP) is 3.60. The molecule has 2 rings (SSSR count). The normalized spacial score (nSPS) is 12.5. The maximum absolute atomic E-state index is 2.54. The van der Waals surface area contributed by atoms with Crippen LogP contribution < -0.4 is 10.4 Å². The molecule has 0 N–H and O–H groups in total. The van der Waals surface area contributed by atoms with E-state index in [2.05, 4.69) is 87.7 Å². The maximum atomic E-state index is 2.54. The van der Waals surface area contributed by atoms with Crippen molar-refractivity contribution in [3.63, 3.8) is 0 Å². The molecule has 100 valence electrons. The smallest absolute Gasteiger partial charge is 0.0671 e. The second-order valence-electron chi connectivity index (χ2n) is 6.48. The van der Waals surface area contributed by atoms with E-state index >= 15 is 0 Å². The molecular formula is C17H24Si2. The molecule has 0 fully saturated rings. The van der Waals surface area contributed by atoms with Crippen LogP contribution in [0.3, 0.4) is 0 Å². The lowest BCUT2D eigenvalue weighted by Crippen LogP contribution is -2.69. The fraction of sp³-hybridized carbons (Fsp3) is 0.294. The molecule has 0 unspecified atom stereocenters. The highest BCUT2D eigenvalue weighted by Gasteiger charge is 2.43. The molecule has 0 nitrogen and oxygen atoms in total. The van der Waals surface area contributed by atoms with E-state index in [4.69, 9.17) is 0 Å². The molecule has 0 bridgehead atoms. The minimum Gasteiger partial charge on any atom is -0.0671 e. The Morgan fingerprint density at radius 1 is 0.579 bits per heavy atom. The fourth-order valence-electron chi connectivity index (χ4n) is 2.55. The highest BCUT2D eigenvalue weighted by molar-refractivity contribution is 7.49. The first-order valence-electron chi connectivity index (χ1n) is 6.98. The van der Waals surface area contributed by atoms with Gasteiger partial charge in [0.05, 0.1) is 15.2 Å². The molecule has 0 atom stereocenters. The highest BCUT2D eigenvalue weighted by Crippen LogP contribution is 2.19. The molecule has 2 aromatic rings. The molecule has 0 aliphatic heterocycles. The van der Waals surface area contributed by atoms with Gasteiger partial charge >= 0.3 is 0 Å². The maximum Gasteiger partial charge on any atom is 0.0791 e. The largest absolute Gasteiger partial charge is 0.0791 e. The summed E-state index contributed by atoms with van der Waals surface area (Å²) in [4.78, 5) is 0. The molecule has 0 radical (unpaired) electrons. The topological polar surface area (TPSA) is 0 Å². The van der Waals surface area contributed by atoms with E-state index in [0.29, 0.717) is 0 Å². The average Bonchev–Trinajstić information content (AvgIpc) is 2.40. The Morgan fingerprint density at radius 2 is 1.00 bits per heavy atom. The summed E-state index contributed by atoms with van der Waals surface area (Å²) in [6, 6.07) is 20.4. The third-order valence-corrected chi connectivity index (χ3v) is 22.6. The van der Waals surface area contributed by atoms with Crippen LogP contribution in [-0.4, -0.2) is 15.2 Å². The monoisotopic (exact) mass is 284 g/mol. The third-order valence-electron chi connectivity index (χ3n) is 4.83. The van der Waals surface area contributed by atoms with Crippen molar-refractivity contribution >= 4 is 25.6 Å². The van der Waals surface area contributed by atoms with Gasteiger partial charge in [0, 0.05) is 0 Å². The van der Waals surface area contributed by atoms with Crippen LogP contribution in [0.4, 0.5) is 0 Å². The molecule has 0 amide bonds. The summed E-state index contributed by atoms with van der Waals surface area (Å²) in [5.41, 5.74) is 1.35. The first kappa shape index (κ1) is 14.3. The van der Waals surface area contributed by atoms with Crippen molar-refractivity contribution in [1.29, 1.82) is 0 Å². The van der Waals surface area contributed by atoms with E-state index in [-0.39, 0.29) is 0 Å². The van der Waals surface area contributed by atoms with Crippen molar-refractivity contribution < 1.29 is 0 Å². The summed E-state index contributed by atoms with van der Waals surface area (Å²) >= 11 is 0. The van der Waals surface area contributed by atoms with Gasteiger partial charge in [-0.2, -0.15) is 0 Å². The highest BCUT2D eigenvalue weighted by atomic mass is 29.3. The first-order valence-corrected chi connectivity index (χ1v) is 14.0. The number of rotatable bonds is 3. The van der Waals surface area contributed by atoms with E-state index in [1.54, 1.807) is 10.4 Å². The Morgan fingerprint density at radius 3 is 1.47 bits per heavy atom. The zero-order chi connectivity index (χ0) is 14.1. The zero-order valence-electron chi connectivity index (χ0n) is 12.7. The molecule has 0 aliphatic carbocycles. The summed E-state index contributed by atoms with van der Waals surface area (Å²) in [5, 5.41) is 3.19. The van der Waals surface area contributed by atoms with Gasteiger partial charge in [-0.15, -0.1) is 0 Å². The van der Waals surface area contributed by atoms with E-state index in [0.717, 1.165) is 0 Å². The Labute approximate surface area is 119 Å². The van der Waals surface area contributed by atoms with Crippen LogP contribution in [0.25, 0.3) is 0 Å². The zero-order valence-corrected chi connectivity index (χ0v) is 14.7. The van der Waals surface area contributed by atoms with Crippen molar-refractivity contribution in [2.75, 3.05) is 0 Å². The van der Waals surface area contributed by atoms with Crippen LogP contribution >= 0.6 is 0 Å². The van der Waals surface area contributed by atoms with Crippen LogP contribution in [0.15, 0.2) is 54.6 Å². The third kappa shape index (κ3) is 2.60.